The van der Waals surface area contributed by atoms with Gasteiger partial charge in [0, 0.05) is 19.6 Å². The van der Waals surface area contributed by atoms with Gasteiger partial charge in [0.05, 0.1) is 11.6 Å². The van der Waals surface area contributed by atoms with E-state index in [-0.39, 0.29) is 11.8 Å². The zero-order valence-corrected chi connectivity index (χ0v) is 14.8. The fraction of sp³-hybridized carbons (Fsp3) is 0.450. The number of hydrogen-bond donors (Lipinski definition) is 0. The highest BCUT2D eigenvalue weighted by Gasteiger charge is 2.35. The Kier molecular flexibility index (Phi) is 6.76. The summed E-state index contributed by atoms with van der Waals surface area (Å²) in [4.78, 5) is 28.5. The maximum Gasteiger partial charge on any atom is 0.246 e. The number of hydrogen-bond acceptors (Lipinski definition) is 3. The number of likely N-dealkylation sites (tertiary alicyclic amines) is 1. The van der Waals surface area contributed by atoms with Crippen molar-refractivity contribution in [2.75, 3.05) is 13.1 Å². The molecule has 0 aromatic heterocycles. The number of carbonyl (C=O) groups excluding carboxylic acids is 2. The minimum Gasteiger partial charge on any atom is -0.337 e. The second kappa shape index (κ2) is 9.03. The van der Waals surface area contributed by atoms with Crippen molar-refractivity contribution in [3.05, 3.63) is 48.0 Å². The van der Waals surface area contributed by atoms with Crippen LogP contribution in [0.1, 0.15) is 43.7 Å². The van der Waals surface area contributed by atoms with Crippen molar-refractivity contribution < 1.29 is 9.59 Å². The quantitative estimate of drug-likeness (QED) is 0.718. The van der Waals surface area contributed by atoms with E-state index >= 15 is 0 Å². The van der Waals surface area contributed by atoms with Crippen LogP contribution in [0.2, 0.25) is 0 Å². The molecule has 1 fully saturated rings. The summed E-state index contributed by atoms with van der Waals surface area (Å²) in [5.74, 6) is -0.193. The highest BCUT2D eigenvalue weighted by atomic mass is 16.2. The van der Waals surface area contributed by atoms with E-state index in [0.29, 0.717) is 31.6 Å². The van der Waals surface area contributed by atoms with Crippen LogP contribution in [0.15, 0.2) is 36.9 Å². The number of rotatable bonds is 7. The third kappa shape index (κ3) is 4.69. The molecule has 5 heteroatoms. The lowest BCUT2D eigenvalue weighted by molar-refractivity contribution is -0.142. The molecular weight excluding hydrogens is 314 g/mol. The smallest absolute Gasteiger partial charge is 0.246 e. The van der Waals surface area contributed by atoms with Crippen LogP contribution in [-0.4, -0.2) is 40.7 Å². The fourth-order valence-electron chi connectivity index (χ4n) is 3.19. The molecule has 1 heterocycles. The molecule has 132 valence electrons. The Morgan fingerprint density at radius 2 is 2.28 bits per heavy atom. The third-order valence-electron chi connectivity index (χ3n) is 4.52. The standard InChI is InChI=1S/C20H25N3O2/c1-3-5-11-22(15-17-9-6-8-16(13-17)14-21)20(25)18-10-7-12-23(18)19(24)4-2/h4,6,8-9,13,18H,2-3,5,7,10-12,15H2,1H3. The molecule has 1 unspecified atom stereocenters. The zero-order valence-electron chi connectivity index (χ0n) is 14.8. The first-order chi connectivity index (χ1) is 12.1. The SMILES string of the molecule is C=CC(=O)N1CCCC1C(=O)N(CCCC)Cc1cccc(C#N)c1. The van der Waals surface area contributed by atoms with Gasteiger partial charge in [0.15, 0.2) is 0 Å². The van der Waals surface area contributed by atoms with Gasteiger partial charge in [-0.1, -0.05) is 32.1 Å². The monoisotopic (exact) mass is 339 g/mol. The Bertz CT molecular complexity index is 678. The van der Waals surface area contributed by atoms with Crippen LogP contribution in [0, 0.1) is 11.3 Å². The molecule has 1 aromatic carbocycles. The van der Waals surface area contributed by atoms with E-state index in [1.165, 1.54) is 6.08 Å². The van der Waals surface area contributed by atoms with E-state index in [0.717, 1.165) is 24.8 Å². The van der Waals surface area contributed by atoms with Crippen LogP contribution >= 0.6 is 0 Å². The first-order valence-corrected chi connectivity index (χ1v) is 8.81. The predicted molar refractivity (Wildman–Crippen MR) is 96.4 cm³/mol. The molecule has 0 radical (unpaired) electrons. The van der Waals surface area contributed by atoms with Gasteiger partial charge >= 0.3 is 0 Å². The summed E-state index contributed by atoms with van der Waals surface area (Å²) in [7, 11) is 0. The van der Waals surface area contributed by atoms with Crippen LogP contribution < -0.4 is 0 Å². The van der Waals surface area contributed by atoms with Crippen LogP contribution in [0.4, 0.5) is 0 Å². The van der Waals surface area contributed by atoms with Crippen LogP contribution in [0.5, 0.6) is 0 Å². The van der Waals surface area contributed by atoms with Crippen LogP contribution in [0.3, 0.4) is 0 Å². The van der Waals surface area contributed by atoms with Crippen molar-refractivity contribution in [1.82, 2.24) is 9.80 Å². The average molecular weight is 339 g/mol. The van der Waals surface area contributed by atoms with Gasteiger partial charge in [-0.2, -0.15) is 5.26 Å². The molecule has 25 heavy (non-hydrogen) atoms. The van der Waals surface area contributed by atoms with Gasteiger partial charge in [0.1, 0.15) is 6.04 Å². The molecule has 0 saturated carbocycles. The zero-order chi connectivity index (χ0) is 18.2. The van der Waals surface area contributed by atoms with Crippen molar-refractivity contribution in [2.24, 2.45) is 0 Å². The Labute approximate surface area is 149 Å². The molecule has 0 spiro atoms. The van der Waals surface area contributed by atoms with Crippen LogP contribution in [-0.2, 0) is 16.1 Å². The minimum absolute atomic E-state index is 0.0106. The molecule has 1 saturated heterocycles. The van der Waals surface area contributed by atoms with E-state index < -0.39 is 6.04 Å². The molecule has 0 aliphatic carbocycles. The second-order valence-electron chi connectivity index (χ2n) is 6.32. The van der Waals surface area contributed by atoms with E-state index in [1.54, 1.807) is 11.0 Å². The summed E-state index contributed by atoms with van der Waals surface area (Å²) in [6.07, 6.45) is 4.70. The Morgan fingerprint density at radius 1 is 1.48 bits per heavy atom. The summed E-state index contributed by atoms with van der Waals surface area (Å²) in [6, 6.07) is 9.05. The number of nitrogens with zero attached hydrogens (tertiary/aromatic N) is 3. The Hall–Kier alpha value is -2.61. The van der Waals surface area contributed by atoms with Gasteiger partial charge in [0.25, 0.3) is 0 Å². The fourth-order valence-corrected chi connectivity index (χ4v) is 3.19. The lowest BCUT2D eigenvalue weighted by Gasteiger charge is -2.30. The summed E-state index contributed by atoms with van der Waals surface area (Å²) in [5, 5.41) is 9.06. The second-order valence-corrected chi connectivity index (χ2v) is 6.32. The Balaban J connectivity index is 2.17. The molecule has 1 aliphatic heterocycles. The van der Waals surface area contributed by atoms with Gasteiger partial charge in [-0.25, -0.2) is 0 Å². The molecule has 5 nitrogen and oxygen atoms in total. The number of benzene rings is 1. The van der Waals surface area contributed by atoms with Crippen molar-refractivity contribution in [1.29, 1.82) is 5.26 Å². The van der Waals surface area contributed by atoms with Crippen molar-refractivity contribution in [2.45, 2.75) is 45.2 Å². The maximum absolute atomic E-state index is 13.1. The van der Waals surface area contributed by atoms with E-state index in [2.05, 4.69) is 19.6 Å². The highest BCUT2D eigenvalue weighted by molar-refractivity contribution is 5.93. The normalized spacial score (nSPS) is 16.3. The van der Waals surface area contributed by atoms with Gasteiger partial charge < -0.3 is 9.80 Å². The van der Waals surface area contributed by atoms with Crippen molar-refractivity contribution in [3.8, 4) is 6.07 Å². The largest absolute Gasteiger partial charge is 0.337 e. The predicted octanol–water partition coefficient (Wildman–Crippen LogP) is 2.86. The van der Waals surface area contributed by atoms with Gasteiger partial charge in [-0.3, -0.25) is 9.59 Å². The third-order valence-corrected chi connectivity index (χ3v) is 4.52. The van der Waals surface area contributed by atoms with Crippen molar-refractivity contribution >= 4 is 11.8 Å². The number of carbonyl (C=O) groups is 2. The molecule has 1 atom stereocenters. The first kappa shape index (κ1) is 18.7. The average Bonchev–Trinajstić information content (AvgIpc) is 3.13. The molecule has 1 aliphatic rings. The summed E-state index contributed by atoms with van der Waals surface area (Å²) in [5.41, 5.74) is 1.52. The van der Waals surface area contributed by atoms with Crippen LogP contribution in [0.25, 0.3) is 0 Å². The number of nitriles is 1. The van der Waals surface area contributed by atoms with E-state index in [4.69, 9.17) is 5.26 Å². The van der Waals surface area contributed by atoms with Gasteiger partial charge in [-0.15, -0.1) is 0 Å². The van der Waals surface area contributed by atoms with Crippen molar-refractivity contribution in [3.63, 3.8) is 0 Å². The molecule has 1 aromatic rings. The molecule has 2 rings (SSSR count). The topological polar surface area (TPSA) is 64.4 Å². The molecule has 0 bridgehead atoms. The molecule has 0 N–H and O–H groups in total. The minimum atomic E-state index is -0.401. The number of amides is 2. The molecule has 2 amide bonds. The lowest BCUT2D eigenvalue weighted by atomic mass is 10.1. The van der Waals surface area contributed by atoms with Gasteiger partial charge in [-0.05, 0) is 43.0 Å². The summed E-state index contributed by atoms with van der Waals surface area (Å²) >= 11 is 0. The number of unbranched alkanes of at least 4 members (excludes halogenated alkanes) is 1. The Morgan fingerprint density at radius 3 is 2.96 bits per heavy atom. The first-order valence-electron chi connectivity index (χ1n) is 8.81. The summed E-state index contributed by atoms with van der Waals surface area (Å²) in [6.45, 7) is 7.33. The maximum atomic E-state index is 13.1. The van der Waals surface area contributed by atoms with E-state index in [1.807, 2.05) is 23.1 Å². The van der Waals surface area contributed by atoms with E-state index in [9.17, 15) is 9.59 Å². The van der Waals surface area contributed by atoms with Gasteiger partial charge in [0.2, 0.25) is 11.8 Å². The lowest BCUT2D eigenvalue weighted by Crippen LogP contribution is -2.47. The highest BCUT2D eigenvalue weighted by Crippen LogP contribution is 2.21. The summed E-state index contributed by atoms with van der Waals surface area (Å²) < 4.78 is 0. The molecular formula is C20H25N3O2.